The van der Waals surface area contributed by atoms with E-state index in [9.17, 15) is 10.1 Å². The smallest absolute Gasteiger partial charge is 0.276 e. The van der Waals surface area contributed by atoms with E-state index in [0.717, 1.165) is 6.42 Å². The number of rotatable bonds is 7. The van der Waals surface area contributed by atoms with Gasteiger partial charge in [0.15, 0.2) is 0 Å². The normalized spacial score (nSPS) is 11.9. The highest BCUT2D eigenvalue weighted by Gasteiger charge is 2.10. The number of pyridine rings is 1. The zero-order chi connectivity index (χ0) is 13.5. The van der Waals surface area contributed by atoms with Gasteiger partial charge in [0.2, 0.25) is 0 Å². The second-order valence-electron chi connectivity index (χ2n) is 3.92. The van der Waals surface area contributed by atoms with Gasteiger partial charge in [0.05, 0.1) is 23.2 Å². The van der Waals surface area contributed by atoms with Crippen LogP contribution in [-0.2, 0) is 0 Å². The molecule has 0 aromatic carbocycles. The first-order chi connectivity index (χ1) is 8.52. The molecule has 0 aliphatic carbocycles. The highest BCUT2D eigenvalue weighted by atomic mass is 16.6. The molecular formula is C10H17N5O3. The van der Waals surface area contributed by atoms with Crippen LogP contribution in [0.3, 0.4) is 0 Å². The minimum absolute atomic E-state index is 0.0871. The zero-order valence-electron chi connectivity index (χ0n) is 10.1. The minimum atomic E-state index is -0.510. The van der Waals surface area contributed by atoms with Gasteiger partial charge >= 0.3 is 0 Å². The number of aromatic nitrogens is 1. The quantitative estimate of drug-likeness (QED) is 0.246. The monoisotopic (exact) mass is 255 g/mol. The van der Waals surface area contributed by atoms with Gasteiger partial charge in [-0.1, -0.05) is 0 Å². The van der Waals surface area contributed by atoms with E-state index in [-0.39, 0.29) is 17.6 Å². The van der Waals surface area contributed by atoms with Crippen LogP contribution in [0.1, 0.15) is 19.8 Å². The lowest BCUT2D eigenvalue weighted by Crippen LogP contribution is -2.12. The van der Waals surface area contributed by atoms with Crippen molar-refractivity contribution in [3.8, 4) is 0 Å². The molecule has 0 fully saturated rings. The molecule has 18 heavy (non-hydrogen) atoms. The van der Waals surface area contributed by atoms with E-state index in [1.165, 1.54) is 12.1 Å². The largest absolute Gasteiger partial charge is 0.393 e. The number of hydrogen-bond acceptors (Lipinski definition) is 7. The molecule has 8 heteroatoms. The zero-order valence-corrected chi connectivity index (χ0v) is 10.1. The molecule has 0 aliphatic rings. The maximum atomic E-state index is 10.7. The second kappa shape index (κ2) is 6.72. The van der Waals surface area contributed by atoms with Gasteiger partial charge in [0.1, 0.15) is 11.6 Å². The fraction of sp³-hybridized carbons (Fsp3) is 0.500. The Kier molecular flexibility index (Phi) is 5.28. The third-order valence-corrected chi connectivity index (χ3v) is 2.27. The van der Waals surface area contributed by atoms with Crippen molar-refractivity contribution >= 4 is 17.3 Å². The summed E-state index contributed by atoms with van der Waals surface area (Å²) < 4.78 is 0. The summed E-state index contributed by atoms with van der Waals surface area (Å²) in [4.78, 5) is 14.2. The van der Waals surface area contributed by atoms with E-state index in [2.05, 4.69) is 15.7 Å². The number of nitrogen functional groups attached to an aromatic ring is 1. The van der Waals surface area contributed by atoms with Crippen molar-refractivity contribution in [3.63, 3.8) is 0 Å². The topological polar surface area (TPSA) is 126 Å². The highest BCUT2D eigenvalue weighted by molar-refractivity contribution is 5.54. The number of nitrogens with two attached hydrogens (primary N) is 1. The van der Waals surface area contributed by atoms with Crippen molar-refractivity contribution in [2.24, 2.45) is 5.84 Å². The Balaban J connectivity index is 2.64. The van der Waals surface area contributed by atoms with Crippen molar-refractivity contribution < 1.29 is 10.0 Å². The molecule has 1 aromatic heterocycles. The molecule has 0 radical (unpaired) electrons. The lowest BCUT2D eigenvalue weighted by atomic mass is 10.2. The molecule has 1 heterocycles. The average Bonchev–Trinajstić information content (AvgIpc) is 2.34. The first kappa shape index (κ1) is 14.1. The molecule has 1 rings (SSSR count). The van der Waals surface area contributed by atoms with E-state index in [1.807, 2.05) is 0 Å². The van der Waals surface area contributed by atoms with Gasteiger partial charge in [-0.05, 0) is 19.8 Å². The Hall–Kier alpha value is -1.93. The predicted octanol–water partition coefficient (Wildman–Crippen LogP) is 0.848. The van der Waals surface area contributed by atoms with Crippen LogP contribution in [0.2, 0.25) is 0 Å². The summed E-state index contributed by atoms with van der Waals surface area (Å²) in [6.07, 6.45) is 1.04. The van der Waals surface area contributed by atoms with Gasteiger partial charge in [-0.3, -0.25) is 10.1 Å². The third kappa shape index (κ3) is 4.52. The molecule has 100 valence electrons. The Morgan fingerprint density at radius 2 is 2.22 bits per heavy atom. The van der Waals surface area contributed by atoms with E-state index >= 15 is 0 Å². The van der Waals surface area contributed by atoms with Crippen LogP contribution in [-0.4, -0.2) is 27.7 Å². The minimum Gasteiger partial charge on any atom is -0.393 e. The van der Waals surface area contributed by atoms with Crippen LogP contribution in [0.15, 0.2) is 12.1 Å². The molecule has 8 nitrogen and oxygen atoms in total. The standard InChI is InChI=1S/C10H17N5O3/c1-7(16)3-2-4-12-9-5-8(15(17)18)6-10(13-9)14-11/h5-7,16H,2-4,11H2,1H3,(H2,12,13,14). The van der Waals surface area contributed by atoms with E-state index in [0.29, 0.717) is 18.8 Å². The molecule has 0 saturated heterocycles. The number of nitro groups is 1. The van der Waals surface area contributed by atoms with Gasteiger partial charge in [0.25, 0.3) is 5.69 Å². The van der Waals surface area contributed by atoms with Crippen molar-refractivity contribution in [2.45, 2.75) is 25.9 Å². The number of aliphatic hydroxyl groups excluding tert-OH is 1. The molecule has 1 unspecified atom stereocenters. The third-order valence-electron chi connectivity index (χ3n) is 2.27. The maximum Gasteiger partial charge on any atom is 0.276 e. The first-order valence-electron chi connectivity index (χ1n) is 5.58. The summed E-state index contributed by atoms with van der Waals surface area (Å²) in [5.74, 6) is 5.79. The molecule has 1 aromatic rings. The molecule has 0 amide bonds. The second-order valence-corrected chi connectivity index (χ2v) is 3.92. The van der Waals surface area contributed by atoms with Gasteiger partial charge < -0.3 is 15.8 Å². The number of nitrogens with zero attached hydrogens (tertiary/aromatic N) is 2. The van der Waals surface area contributed by atoms with E-state index < -0.39 is 4.92 Å². The molecule has 5 N–H and O–H groups in total. The Morgan fingerprint density at radius 1 is 1.56 bits per heavy atom. The molecule has 0 aliphatic heterocycles. The van der Waals surface area contributed by atoms with Gasteiger partial charge in [0, 0.05) is 6.54 Å². The predicted molar refractivity (Wildman–Crippen MR) is 68.1 cm³/mol. The maximum absolute atomic E-state index is 10.7. The van der Waals surface area contributed by atoms with E-state index in [1.54, 1.807) is 6.92 Å². The lowest BCUT2D eigenvalue weighted by Gasteiger charge is -2.08. The molecule has 0 spiro atoms. The SMILES string of the molecule is CC(O)CCCNc1cc([N+](=O)[O-])cc(NN)n1. The highest BCUT2D eigenvalue weighted by Crippen LogP contribution is 2.19. The van der Waals surface area contributed by atoms with Crippen molar-refractivity contribution in [1.29, 1.82) is 0 Å². The van der Waals surface area contributed by atoms with Gasteiger partial charge in [-0.2, -0.15) is 0 Å². The van der Waals surface area contributed by atoms with Crippen LogP contribution in [0.4, 0.5) is 17.3 Å². The summed E-state index contributed by atoms with van der Waals surface area (Å²) in [6.45, 7) is 2.28. The number of anilines is 2. The van der Waals surface area contributed by atoms with Crippen molar-refractivity contribution in [3.05, 3.63) is 22.2 Å². The number of aliphatic hydroxyl groups is 1. The fourth-order valence-electron chi connectivity index (χ4n) is 1.40. The Bertz CT molecular complexity index is 410. The number of hydrogen-bond donors (Lipinski definition) is 4. The summed E-state index contributed by atoms with van der Waals surface area (Å²) in [5.41, 5.74) is 2.19. The average molecular weight is 255 g/mol. The summed E-state index contributed by atoms with van der Waals surface area (Å²) in [5, 5.41) is 22.7. The van der Waals surface area contributed by atoms with Crippen LogP contribution in [0, 0.1) is 10.1 Å². The fourth-order valence-corrected chi connectivity index (χ4v) is 1.40. The molecule has 0 bridgehead atoms. The summed E-state index contributed by atoms with van der Waals surface area (Å²) in [7, 11) is 0. The van der Waals surface area contributed by atoms with Crippen molar-refractivity contribution in [2.75, 3.05) is 17.3 Å². The summed E-state index contributed by atoms with van der Waals surface area (Å²) in [6, 6.07) is 2.59. The van der Waals surface area contributed by atoms with Crippen LogP contribution in [0.25, 0.3) is 0 Å². The molecular weight excluding hydrogens is 238 g/mol. The molecule has 0 saturated carbocycles. The van der Waals surface area contributed by atoms with Crippen molar-refractivity contribution in [1.82, 2.24) is 4.98 Å². The number of nitrogens with one attached hydrogen (secondary N) is 2. The summed E-state index contributed by atoms with van der Waals surface area (Å²) >= 11 is 0. The Labute approximate surface area is 104 Å². The lowest BCUT2D eigenvalue weighted by molar-refractivity contribution is -0.384. The molecule has 1 atom stereocenters. The Morgan fingerprint density at radius 3 is 2.78 bits per heavy atom. The van der Waals surface area contributed by atoms with Gasteiger partial charge in [-0.25, -0.2) is 10.8 Å². The van der Waals surface area contributed by atoms with Crippen LogP contribution < -0.4 is 16.6 Å². The van der Waals surface area contributed by atoms with E-state index in [4.69, 9.17) is 10.9 Å². The van der Waals surface area contributed by atoms with Crippen LogP contribution in [0.5, 0.6) is 0 Å². The first-order valence-corrected chi connectivity index (χ1v) is 5.58. The number of hydrazine groups is 1. The van der Waals surface area contributed by atoms with Gasteiger partial charge in [-0.15, -0.1) is 0 Å². The van der Waals surface area contributed by atoms with Crippen LogP contribution >= 0.6 is 0 Å².